The van der Waals surface area contributed by atoms with Crippen molar-refractivity contribution in [2.75, 3.05) is 23.3 Å². The maximum absolute atomic E-state index is 12.7. The summed E-state index contributed by atoms with van der Waals surface area (Å²) in [6.07, 6.45) is 5.21. The summed E-state index contributed by atoms with van der Waals surface area (Å²) in [7, 11) is 0. The summed E-state index contributed by atoms with van der Waals surface area (Å²) in [5, 5.41) is 3.53. The number of anilines is 3. The normalized spacial score (nSPS) is 28.0. The Hall–Kier alpha value is -3.03. The molecule has 2 aliphatic heterocycles. The number of halogens is 1. The molecule has 1 aromatic carbocycles. The van der Waals surface area contributed by atoms with Gasteiger partial charge in [0.2, 0.25) is 5.91 Å². The van der Waals surface area contributed by atoms with E-state index in [1.807, 2.05) is 31.4 Å². The molecular weight excluding hydrogens is 572 g/mol. The van der Waals surface area contributed by atoms with Gasteiger partial charge in [-0.3, -0.25) is 14.3 Å². The maximum atomic E-state index is 12.7. The summed E-state index contributed by atoms with van der Waals surface area (Å²) in [4.78, 5) is 28.1. The standard InChI is InChI=1S/C30H41ClN8O4/c1-15(2)38(18-9-17(10-18)6-7-23(40)37-21-8-16(3)19(31)11-20(21)32)12-22-25-26(43-30(4,5)42-25)29(41-22)39-14-36-24-27(33)34-13-35-28(24)39/h8,11,13-15,17-18,22,25-26,29H,6-7,9-10,12,32H2,1-5H3,(H,37,40)(H2,33,34,35)/t17-,18+,22-,25-,26-,29-/m1/s1. The molecular formula is C30H41ClN8O4. The van der Waals surface area contributed by atoms with E-state index in [1.54, 1.807) is 12.4 Å². The minimum Gasteiger partial charge on any atom is -0.397 e. The Balaban J connectivity index is 1.08. The third-order valence-corrected chi connectivity index (χ3v) is 9.31. The number of rotatable bonds is 9. The Kier molecular flexibility index (Phi) is 8.01. The van der Waals surface area contributed by atoms with Crippen molar-refractivity contribution >= 4 is 45.9 Å². The number of carbonyl (C=O) groups is 1. The third kappa shape index (κ3) is 5.91. The van der Waals surface area contributed by atoms with Gasteiger partial charge in [-0.1, -0.05) is 11.6 Å². The van der Waals surface area contributed by atoms with Crippen molar-refractivity contribution in [2.45, 2.75) is 103 Å². The van der Waals surface area contributed by atoms with Crippen LogP contribution in [-0.4, -0.2) is 73.1 Å². The first-order chi connectivity index (χ1) is 20.4. The van der Waals surface area contributed by atoms with Gasteiger partial charge in [0.15, 0.2) is 23.5 Å². The van der Waals surface area contributed by atoms with Crippen molar-refractivity contribution < 1.29 is 19.0 Å². The van der Waals surface area contributed by atoms with Crippen LogP contribution >= 0.6 is 11.6 Å². The van der Waals surface area contributed by atoms with Crippen LogP contribution in [0.3, 0.4) is 0 Å². The lowest BCUT2D eigenvalue weighted by Gasteiger charge is -2.46. The Bertz CT molecular complexity index is 1510. The van der Waals surface area contributed by atoms with E-state index in [4.69, 9.17) is 37.3 Å². The van der Waals surface area contributed by atoms with Crippen LogP contribution in [0.2, 0.25) is 5.02 Å². The zero-order valence-corrected chi connectivity index (χ0v) is 26.0. The number of aromatic nitrogens is 4. The van der Waals surface area contributed by atoms with Crippen molar-refractivity contribution in [1.29, 1.82) is 0 Å². The molecule has 3 fully saturated rings. The molecule has 6 rings (SSSR count). The number of nitrogens with two attached hydrogens (primary N) is 2. The summed E-state index contributed by atoms with van der Waals surface area (Å²) in [6.45, 7) is 10.9. The molecule has 4 atom stereocenters. The van der Waals surface area contributed by atoms with Crippen molar-refractivity contribution in [3.63, 3.8) is 0 Å². The second-order valence-corrected chi connectivity index (χ2v) is 13.2. The average Bonchev–Trinajstić information content (AvgIpc) is 3.57. The lowest BCUT2D eigenvalue weighted by Crippen LogP contribution is -2.52. The molecule has 13 heteroatoms. The van der Waals surface area contributed by atoms with E-state index < -0.39 is 12.0 Å². The SMILES string of the molecule is Cc1cc(NC(=O)CC[C@H]2C[C@@H](N(C[C@H]3O[C@@H](n4cnc5c(N)ncnc54)[C@@H]4OC(C)(C)O[C@@H]43)C(C)C)C2)c(N)cc1Cl. The molecule has 3 aromatic rings. The molecule has 3 aliphatic rings. The molecule has 232 valence electrons. The zero-order chi connectivity index (χ0) is 30.6. The number of nitrogens with zero attached hydrogens (tertiary/aromatic N) is 5. The number of hydrogen-bond acceptors (Lipinski definition) is 10. The van der Waals surface area contributed by atoms with Crippen LogP contribution in [0.5, 0.6) is 0 Å². The molecule has 43 heavy (non-hydrogen) atoms. The van der Waals surface area contributed by atoms with Crippen molar-refractivity contribution in [3.05, 3.63) is 35.4 Å². The first kappa shape index (κ1) is 30.0. The van der Waals surface area contributed by atoms with Gasteiger partial charge < -0.3 is 31.0 Å². The van der Waals surface area contributed by atoms with Gasteiger partial charge in [0.1, 0.15) is 30.2 Å². The quantitative estimate of drug-likeness (QED) is 0.298. The molecule has 2 aromatic heterocycles. The van der Waals surface area contributed by atoms with Crippen molar-refractivity contribution in [3.8, 4) is 0 Å². The summed E-state index contributed by atoms with van der Waals surface area (Å²) < 4.78 is 21.3. The number of carbonyl (C=O) groups excluding carboxylic acids is 1. The number of benzene rings is 1. The van der Waals surface area contributed by atoms with Crippen molar-refractivity contribution in [1.82, 2.24) is 24.4 Å². The van der Waals surface area contributed by atoms with Gasteiger partial charge in [0.05, 0.1) is 17.7 Å². The fourth-order valence-electron chi connectivity index (χ4n) is 6.64. The number of hydrogen-bond donors (Lipinski definition) is 3. The fourth-order valence-corrected chi connectivity index (χ4v) is 6.81. The van der Waals surface area contributed by atoms with Gasteiger partial charge in [-0.25, -0.2) is 15.0 Å². The summed E-state index contributed by atoms with van der Waals surface area (Å²) in [5.41, 5.74) is 15.2. The van der Waals surface area contributed by atoms with Gasteiger partial charge in [-0.05, 0) is 77.5 Å². The van der Waals surface area contributed by atoms with E-state index in [9.17, 15) is 4.79 Å². The molecule has 0 spiro atoms. The Labute approximate surface area is 256 Å². The molecule has 12 nitrogen and oxygen atoms in total. The monoisotopic (exact) mass is 612 g/mol. The highest BCUT2D eigenvalue weighted by molar-refractivity contribution is 6.31. The van der Waals surface area contributed by atoms with Crippen LogP contribution in [0.25, 0.3) is 11.2 Å². The second-order valence-electron chi connectivity index (χ2n) is 12.8. The molecule has 2 saturated heterocycles. The third-order valence-electron chi connectivity index (χ3n) is 8.90. The van der Waals surface area contributed by atoms with E-state index in [0.717, 1.165) is 24.8 Å². The molecule has 0 unspecified atom stereocenters. The van der Waals surface area contributed by atoms with Crippen LogP contribution in [0, 0.1) is 12.8 Å². The van der Waals surface area contributed by atoms with Gasteiger partial charge in [-0.15, -0.1) is 0 Å². The van der Waals surface area contributed by atoms with Gasteiger partial charge in [0, 0.05) is 30.1 Å². The number of amides is 1. The number of fused-ring (bicyclic) bond motifs is 2. The van der Waals surface area contributed by atoms with Gasteiger partial charge in [-0.2, -0.15) is 0 Å². The van der Waals surface area contributed by atoms with Crippen molar-refractivity contribution in [2.24, 2.45) is 5.92 Å². The van der Waals surface area contributed by atoms with Crippen LogP contribution in [0.1, 0.15) is 65.2 Å². The molecule has 5 N–H and O–H groups in total. The van der Waals surface area contributed by atoms with Crippen LogP contribution in [-0.2, 0) is 19.0 Å². The minimum atomic E-state index is -0.736. The molecule has 1 aliphatic carbocycles. The highest BCUT2D eigenvalue weighted by Crippen LogP contribution is 2.45. The second kappa shape index (κ2) is 11.5. The largest absolute Gasteiger partial charge is 0.397 e. The highest BCUT2D eigenvalue weighted by Gasteiger charge is 2.57. The Morgan fingerprint density at radius 1 is 1.19 bits per heavy atom. The van der Waals surface area contributed by atoms with Crippen LogP contribution < -0.4 is 16.8 Å². The van der Waals surface area contributed by atoms with E-state index in [2.05, 4.69) is 39.0 Å². The number of aryl methyl sites for hydroxylation is 1. The molecule has 0 bridgehead atoms. The topological polar surface area (TPSA) is 156 Å². The first-order valence-electron chi connectivity index (χ1n) is 15.0. The predicted molar refractivity (Wildman–Crippen MR) is 164 cm³/mol. The number of ether oxygens (including phenoxy) is 3. The minimum absolute atomic E-state index is 0.0333. The van der Waals surface area contributed by atoms with Crippen LogP contribution in [0.4, 0.5) is 17.2 Å². The first-order valence-corrected chi connectivity index (χ1v) is 15.3. The number of imidazole rings is 1. The van der Waals surface area contributed by atoms with E-state index in [0.29, 0.717) is 64.3 Å². The zero-order valence-electron chi connectivity index (χ0n) is 25.3. The molecule has 1 amide bonds. The highest BCUT2D eigenvalue weighted by atomic mass is 35.5. The predicted octanol–water partition coefficient (Wildman–Crippen LogP) is 4.28. The van der Waals surface area contributed by atoms with Gasteiger partial charge >= 0.3 is 0 Å². The summed E-state index contributed by atoms with van der Waals surface area (Å²) in [5.74, 6) is 0.0407. The summed E-state index contributed by atoms with van der Waals surface area (Å²) >= 11 is 6.13. The van der Waals surface area contributed by atoms with Gasteiger partial charge in [0.25, 0.3) is 0 Å². The molecule has 4 heterocycles. The van der Waals surface area contributed by atoms with E-state index in [1.165, 1.54) is 6.33 Å². The Morgan fingerprint density at radius 3 is 2.67 bits per heavy atom. The number of nitrogens with one attached hydrogen (secondary N) is 1. The smallest absolute Gasteiger partial charge is 0.224 e. The lowest BCUT2D eigenvalue weighted by molar-refractivity contribution is -0.199. The molecule has 1 saturated carbocycles. The van der Waals surface area contributed by atoms with E-state index in [-0.39, 0.29) is 24.2 Å². The average molecular weight is 613 g/mol. The summed E-state index contributed by atoms with van der Waals surface area (Å²) in [6, 6.07) is 4.20. The Morgan fingerprint density at radius 2 is 1.93 bits per heavy atom. The van der Waals surface area contributed by atoms with E-state index >= 15 is 0 Å². The fraction of sp³-hybridized carbons (Fsp3) is 0.600. The lowest BCUT2D eigenvalue weighted by atomic mass is 9.76. The van der Waals surface area contributed by atoms with Crippen LogP contribution in [0.15, 0.2) is 24.8 Å². The number of nitrogen functional groups attached to an aromatic ring is 2. The maximum Gasteiger partial charge on any atom is 0.224 e. The molecule has 0 radical (unpaired) electrons.